The van der Waals surface area contributed by atoms with Gasteiger partial charge in [0.05, 0.1) is 6.26 Å². The molecule has 0 radical (unpaired) electrons. The molecule has 1 atom stereocenters. The molecule has 0 saturated carbocycles. The number of carbonyl (C=O) groups excluding carboxylic acids is 1. The number of carbonyl (C=O) groups is 3. The van der Waals surface area contributed by atoms with Crippen LogP contribution in [0.15, 0.2) is 42.5 Å². The number of aryl methyl sites for hydroxylation is 1. The number of hydrogen-bond donors (Lipinski definition) is 5. The van der Waals surface area contributed by atoms with Gasteiger partial charge < -0.3 is 25.8 Å². The van der Waals surface area contributed by atoms with Crippen molar-refractivity contribution in [3.63, 3.8) is 0 Å². The molecule has 192 valence electrons. The van der Waals surface area contributed by atoms with Crippen LogP contribution in [0.3, 0.4) is 0 Å². The lowest BCUT2D eigenvalue weighted by molar-refractivity contribution is -0.159. The highest BCUT2D eigenvalue weighted by Crippen LogP contribution is 2.31. The zero-order chi connectivity index (χ0) is 26.5. The molecule has 0 saturated heterocycles. The second-order valence-electron chi connectivity index (χ2n) is 8.55. The number of nitrogens with one attached hydrogen (secondary N) is 2. The standard InChI is InChI=1S/C22H26N4O3S.C2H2O4/c1-30(28,29)25-17-5-2-15(3-6-17)10-11-26(14-27)18-7-9-22-20(13-18)19-12-16(23)4-8-21(19)24-22;3-1(4)2(5)6/h2-3,5-7,9,13-14,16,24-25H,4,8,10-12,23H2,1H3;(H,3,4)(H,5,6). The molecule has 12 heteroatoms. The van der Waals surface area contributed by atoms with Gasteiger partial charge in [0.25, 0.3) is 0 Å². The molecule has 1 aliphatic rings. The smallest absolute Gasteiger partial charge is 0.414 e. The van der Waals surface area contributed by atoms with Crippen molar-refractivity contribution in [1.82, 2.24) is 4.98 Å². The summed E-state index contributed by atoms with van der Waals surface area (Å²) < 4.78 is 25.1. The summed E-state index contributed by atoms with van der Waals surface area (Å²) in [5.41, 5.74) is 12.2. The average molecular weight is 517 g/mol. The Labute approximate surface area is 208 Å². The van der Waals surface area contributed by atoms with Crippen LogP contribution in [0.1, 0.15) is 23.2 Å². The second kappa shape index (κ2) is 11.2. The van der Waals surface area contributed by atoms with Crippen molar-refractivity contribution in [1.29, 1.82) is 0 Å². The first-order valence-electron chi connectivity index (χ1n) is 11.1. The summed E-state index contributed by atoms with van der Waals surface area (Å²) in [5.74, 6) is -3.65. The fourth-order valence-corrected chi connectivity index (χ4v) is 4.62. The third kappa shape index (κ3) is 7.06. The van der Waals surface area contributed by atoms with Crippen molar-refractivity contribution >= 4 is 50.6 Å². The molecule has 0 bridgehead atoms. The summed E-state index contributed by atoms with van der Waals surface area (Å²) in [4.78, 5) is 35.2. The molecule has 0 spiro atoms. The number of hydrogen-bond acceptors (Lipinski definition) is 6. The van der Waals surface area contributed by atoms with E-state index in [1.807, 2.05) is 24.3 Å². The zero-order valence-corrected chi connectivity index (χ0v) is 20.4. The first-order chi connectivity index (χ1) is 17.0. The van der Waals surface area contributed by atoms with Gasteiger partial charge in [-0.2, -0.15) is 0 Å². The lowest BCUT2D eigenvalue weighted by Crippen LogP contribution is -2.27. The highest BCUT2D eigenvalue weighted by molar-refractivity contribution is 7.92. The van der Waals surface area contributed by atoms with Crippen LogP contribution in [-0.4, -0.2) is 60.8 Å². The number of rotatable bonds is 7. The van der Waals surface area contributed by atoms with Gasteiger partial charge in [-0.05, 0) is 67.1 Å². The van der Waals surface area contributed by atoms with E-state index in [1.54, 1.807) is 17.0 Å². The van der Waals surface area contributed by atoms with Gasteiger partial charge in [0.2, 0.25) is 16.4 Å². The normalized spacial score (nSPS) is 14.8. The molecule has 0 aliphatic heterocycles. The van der Waals surface area contributed by atoms with Gasteiger partial charge in [-0.25, -0.2) is 18.0 Å². The molecule has 1 aliphatic carbocycles. The largest absolute Gasteiger partial charge is 0.473 e. The summed E-state index contributed by atoms with van der Waals surface area (Å²) in [7, 11) is -3.29. The minimum absolute atomic E-state index is 0.183. The van der Waals surface area contributed by atoms with Crippen molar-refractivity contribution < 1.29 is 33.0 Å². The number of anilines is 2. The second-order valence-corrected chi connectivity index (χ2v) is 10.3. The third-order valence-corrected chi connectivity index (χ3v) is 6.36. The highest BCUT2D eigenvalue weighted by atomic mass is 32.2. The Morgan fingerprint density at radius 1 is 1.17 bits per heavy atom. The molecule has 2 aromatic carbocycles. The number of nitrogens with zero attached hydrogens (tertiary/aromatic N) is 1. The van der Waals surface area contributed by atoms with Crippen LogP contribution < -0.4 is 15.4 Å². The molecule has 36 heavy (non-hydrogen) atoms. The summed E-state index contributed by atoms with van der Waals surface area (Å²) in [5, 5.41) is 15.9. The van der Waals surface area contributed by atoms with Crippen LogP contribution >= 0.6 is 0 Å². The van der Waals surface area contributed by atoms with Crippen LogP contribution in [0, 0.1) is 0 Å². The van der Waals surface area contributed by atoms with E-state index in [9.17, 15) is 13.2 Å². The van der Waals surface area contributed by atoms with Crippen LogP contribution in [0.2, 0.25) is 0 Å². The van der Waals surface area contributed by atoms with Gasteiger partial charge in [-0.3, -0.25) is 9.52 Å². The van der Waals surface area contributed by atoms with Crippen LogP contribution in [0.25, 0.3) is 10.9 Å². The van der Waals surface area contributed by atoms with Gasteiger partial charge in [0.15, 0.2) is 0 Å². The van der Waals surface area contributed by atoms with E-state index in [1.165, 1.54) is 11.3 Å². The minimum Gasteiger partial charge on any atom is -0.473 e. The number of carboxylic acids is 2. The average Bonchev–Trinajstić information content (AvgIpc) is 3.17. The lowest BCUT2D eigenvalue weighted by atomic mass is 9.92. The molecular weight excluding hydrogens is 488 g/mol. The number of benzene rings is 2. The zero-order valence-electron chi connectivity index (χ0n) is 19.6. The Morgan fingerprint density at radius 3 is 2.42 bits per heavy atom. The van der Waals surface area contributed by atoms with Crippen molar-refractivity contribution in [3.8, 4) is 0 Å². The molecule has 6 N–H and O–H groups in total. The van der Waals surface area contributed by atoms with Crippen molar-refractivity contribution in [2.24, 2.45) is 5.73 Å². The third-order valence-electron chi connectivity index (χ3n) is 5.75. The number of sulfonamides is 1. The number of H-pyrrole nitrogens is 1. The molecule has 1 heterocycles. The SMILES string of the molecule is CS(=O)(=O)Nc1ccc(CCN(C=O)c2ccc3[nH]c4c(c3c2)CC(N)CC4)cc1.O=C(O)C(=O)O. The van der Waals surface area contributed by atoms with Gasteiger partial charge in [-0.1, -0.05) is 12.1 Å². The number of amides is 1. The predicted octanol–water partition coefficient (Wildman–Crippen LogP) is 1.72. The van der Waals surface area contributed by atoms with Gasteiger partial charge in [0, 0.05) is 40.6 Å². The molecule has 0 fully saturated rings. The number of carboxylic acid groups (broad SMARTS) is 2. The summed E-state index contributed by atoms with van der Waals surface area (Å²) in [6.45, 7) is 0.528. The molecule has 1 amide bonds. The lowest BCUT2D eigenvalue weighted by Gasteiger charge is -2.19. The minimum atomic E-state index is -3.29. The number of aromatic amines is 1. The Bertz CT molecular complexity index is 1360. The van der Waals surface area contributed by atoms with Crippen molar-refractivity contribution in [2.75, 3.05) is 22.4 Å². The van der Waals surface area contributed by atoms with Crippen LogP contribution in [0.4, 0.5) is 11.4 Å². The van der Waals surface area contributed by atoms with Gasteiger partial charge >= 0.3 is 11.9 Å². The maximum absolute atomic E-state index is 11.8. The van der Waals surface area contributed by atoms with Gasteiger partial charge in [-0.15, -0.1) is 0 Å². The topological polar surface area (TPSA) is 183 Å². The van der Waals surface area contributed by atoms with E-state index in [2.05, 4.69) is 15.8 Å². The Kier molecular flexibility index (Phi) is 8.33. The van der Waals surface area contributed by atoms with E-state index in [0.29, 0.717) is 18.7 Å². The number of nitrogens with two attached hydrogens (primary N) is 1. The van der Waals surface area contributed by atoms with E-state index in [0.717, 1.165) is 54.1 Å². The summed E-state index contributed by atoms with van der Waals surface area (Å²) in [6, 6.07) is 13.4. The highest BCUT2D eigenvalue weighted by Gasteiger charge is 2.20. The quantitative estimate of drug-likeness (QED) is 0.232. The molecule has 11 nitrogen and oxygen atoms in total. The monoisotopic (exact) mass is 516 g/mol. The summed E-state index contributed by atoms with van der Waals surface area (Å²) in [6.07, 6.45) is 5.44. The molecular formula is C24H28N4O7S. The first kappa shape index (κ1) is 26.7. The van der Waals surface area contributed by atoms with E-state index < -0.39 is 22.0 Å². The maximum atomic E-state index is 11.8. The van der Waals surface area contributed by atoms with E-state index in [4.69, 9.17) is 25.5 Å². The predicted molar refractivity (Wildman–Crippen MR) is 136 cm³/mol. The van der Waals surface area contributed by atoms with Crippen molar-refractivity contribution in [3.05, 3.63) is 59.3 Å². The van der Waals surface area contributed by atoms with E-state index >= 15 is 0 Å². The van der Waals surface area contributed by atoms with Crippen LogP contribution in [0.5, 0.6) is 0 Å². The molecule has 3 aromatic rings. The number of fused-ring (bicyclic) bond motifs is 3. The molecule has 1 unspecified atom stereocenters. The fraction of sp³-hybridized carbons (Fsp3) is 0.292. The number of aliphatic carboxylic acids is 2. The maximum Gasteiger partial charge on any atom is 0.414 e. The molecule has 1 aromatic heterocycles. The van der Waals surface area contributed by atoms with E-state index in [-0.39, 0.29) is 6.04 Å². The molecule has 4 rings (SSSR count). The number of aromatic nitrogens is 1. The Morgan fingerprint density at radius 2 is 1.83 bits per heavy atom. The fourth-order valence-electron chi connectivity index (χ4n) is 4.06. The summed E-state index contributed by atoms with van der Waals surface area (Å²) >= 11 is 0. The van der Waals surface area contributed by atoms with Gasteiger partial charge in [0.1, 0.15) is 0 Å². The Balaban J connectivity index is 0.000000538. The van der Waals surface area contributed by atoms with Crippen LogP contribution in [-0.2, 0) is 43.7 Å². The first-order valence-corrected chi connectivity index (χ1v) is 13.0. The Hall–Kier alpha value is -3.90. The van der Waals surface area contributed by atoms with Crippen molar-refractivity contribution in [2.45, 2.75) is 31.7 Å².